The summed E-state index contributed by atoms with van der Waals surface area (Å²) in [7, 11) is 1.58. The van der Waals surface area contributed by atoms with Gasteiger partial charge >= 0.3 is 0 Å². The van der Waals surface area contributed by atoms with Crippen LogP contribution in [0.15, 0.2) is 59.7 Å². The largest absolute Gasteiger partial charge is 0.493 e. The summed E-state index contributed by atoms with van der Waals surface area (Å²) in [5.41, 5.74) is 5.85. The molecule has 0 saturated heterocycles. The zero-order valence-corrected chi connectivity index (χ0v) is 20.5. The predicted octanol–water partition coefficient (Wildman–Crippen LogP) is 6.26. The number of carbonyl (C=O) groups is 1. The molecular formula is C23H19Cl2IN2O3. The van der Waals surface area contributed by atoms with Crippen LogP contribution in [-0.2, 0) is 6.61 Å². The minimum atomic E-state index is -0.394. The molecule has 1 amide bonds. The van der Waals surface area contributed by atoms with Crippen LogP contribution in [0.3, 0.4) is 0 Å². The van der Waals surface area contributed by atoms with Crippen molar-refractivity contribution in [2.24, 2.45) is 5.10 Å². The molecule has 0 bridgehead atoms. The van der Waals surface area contributed by atoms with Crippen molar-refractivity contribution < 1.29 is 14.3 Å². The Bertz CT molecular complexity index is 1120. The molecule has 3 rings (SSSR count). The zero-order valence-electron chi connectivity index (χ0n) is 16.8. The Morgan fingerprint density at radius 3 is 2.52 bits per heavy atom. The second-order valence-electron chi connectivity index (χ2n) is 6.64. The molecule has 0 aromatic heterocycles. The zero-order chi connectivity index (χ0) is 22.4. The third-order valence-corrected chi connectivity index (χ3v) is 5.86. The molecule has 31 heavy (non-hydrogen) atoms. The lowest BCUT2D eigenvalue weighted by atomic mass is 10.2. The van der Waals surface area contributed by atoms with E-state index in [0.29, 0.717) is 33.7 Å². The van der Waals surface area contributed by atoms with Gasteiger partial charge in [0, 0.05) is 5.56 Å². The Hall–Kier alpha value is -2.29. The summed E-state index contributed by atoms with van der Waals surface area (Å²) in [6.45, 7) is 2.48. The van der Waals surface area contributed by atoms with Crippen LogP contribution in [-0.4, -0.2) is 19.2 Å². The van der Waals surface area contributed by atoms with Gasteiger partial charge in [0.2, 0.25) is 0 Å². The van der Waals surface area contributed by atoms with Gasteiger partial charge in [-0.2, -0.15) is 5.10 Å². The van der Waals surface area contributed by atoms with Crippen molar-refractivity contribution >= 4 is 57.9 Å². The number of methoxy groups -OCH3 is 1. The number of nitrogens with one attached hydrogen (secondary N) is 1. The molecule has 0 radical (unpaired) electrons. The smallest absolute Gasteiger partial charge is 0.271 e. The number of hydrogen-bond donors (Lipinski definition) is 1. The Morgan fingerprint density at radius 1 is 1.10 bits per heavy atom. The molecule has 0 unspecified atom stereocenters. The highest BCUT2D eigenvalue weighted by Gasteiger charge is 2.12. The molecule has 8 heteroatoms. The van der Waals surface area contributed by atoms with E-state index in [2.05, 4.69) is 33.1 Å². The van der Waals surface area contributed by atoms with Gasteiger partial charge in [-0.25, -0.2) is 5.43 Å². The Labute approximate surface area is 204 Å². The highest BCUT2D eigenvalue weighted by molar-refractivity contribution is 14.1. The number of rotatable bonds is 7. The Kier molecular flexibility index (Phi) is 8.17. The van der Waals surface area contributed by atoms with Gasteiger partial charge in [0.05, 0.1) is 26.9 Å². The van der Waals surface area contributed by atoms with E-state index in [0.717, 1.165) is 14.7 Å². The number of benzene rings is 3. The van der Waals surface area contributed by atoms with Crippen LogP contribution in [0.2, 0.25) is 10.0 Å². The maximum Gasteiger partial charge on any atom is 0.271 e. The highest BCUT2D eigenvalue weighted by Crippen LogP contribution is 2.34. The van der Waals surface area contributed by atoms with E-state index < -0.39 is 5.91 Å². The van der Waals surface area contributed by atoms with E-state index in [1.54, 1.807) is 25.3 Å². The molecule has 0 atom stereocenters. The van der Waals surface area contributed by atoms with Gasteiger partial charge in [-0.3, -0.25) is 4.79 Å². The first-order chi connectivity index (χ1) is 14.9. The number of aryl methyl sites for hydroxylation is 1. The number of nitrogens with zero attached hydrogens (tertiary/aromatic N) is 1. The van der Waals surface area contributed by atoms with Gasteiger partial charge < -0.3 is 9.47 Å². The van der Waals surface area contributed by atoms with Gasteiger partial charge in [-0.05, 0) is 71.0 Å². The quantitative estimate of drug-likeness (QED) is 0.208. The number of hydrogen-bond acceptors (Lipinski definition) is 4. The summed E-state index contributed by atoms with van der Waals surface area (Å²) in [6, 6.07) is 16.5. The number of halogens is 3. The van der Waals surface area contributed by atoms with Gasteiger partial charge in [-0.15, -0.1) is 0 Å². The lowest BCUT2D eigenvalue weighted by molar-refractivity contribution is 0.0955. The number of hydrazone groups is 1. The van der Waals surface area contributed by atoms with Crippen molar-refractivity contribution in [2.45, 2.75) is 13.5 Å². The summed E-state index contributed by atoms with van der Waals surface area (Å²) < 4.78 is 12.3. The average molecular weight is 569 g/mol. The highest BCUT2D eigenvalue weighted by atomic mass is 127. The molecule has 0 aliphatic rings. The molecule has 1 N–H and O–H groups in total. The van der Waals surface area contributed by atoms with E-state index >= 15 is 0 Å². The summed E-state index contributed by atoms with van der Waals surface area (Å²) in [5.74, 6) is 0.839. The van der Waals surface area contributed by atoms with Crippen LogP contribution in [0.1, 0.15) is 27.0 Å². The molecule has 0 aliphatic heterocycles. The molecule has 0 heterocycles. The maximum atomic E-state index is 12.2. The van der Waals surface area contributed by atoms with Crippen LogP contribution in [0.25, 0.3) is 0 Å². The van der Waals surface area contributed by atoms with Crippen LogP contribution < -0.4 is 14.9 Å². The minimum absolute atomic E-state index is 0.304. The molecule has 0 spiro atoms. The Morgan fingerprint density at radius 2 is 1.84 bits per heavy atom. The van der Waals surface area contributed by atoms with Crippen molar-refractivity contribution in [1.82, 2.24) is 5.43 Å². The van der Waals surface area contributed by atoms with Gasteiger partial charge in [0.25, 0.3) is 5.91 Å². The van der Waals surface area contributed by atoms with Crippen molar-refractivity contribution in [3.8, 4) is 11.5 Å². The topological polar surface area (TPSA) is 59.9 Å². The van der Waals surface area contributed by atoms with E-state index in [1.165, 1.54) is 17.8 Å². The standard InChI is InChI=1S/C23H19Cl2IN2O3/c1-14-3-5-15(6-4-14)13-31-22-20(26)9-16(10-21(22)30-2)12-27-28-23(29)17-7-8-18(24)19(25)11-17/h3-12H,13H2,1-2H3,(H,28,29)/b27-12-. The summed E-state index contributed by atoms with van der Waals surface area (Å²) in [6.07, 6.45) is 1.53. The van der Waals surface area contributed by atoms with E-state index in [1.807, 2.05) is 37.3 Å². The lowest BCUT2D eigenvalue weighted by Crippen LogP contribution is -2.17. The van der Waals surface area contributed by atoms with Crippen LogP contribution in [0.4, 0.5) is 0 Å². The van der Waals surface area contributed by atoms with Crippen molar-refractivity contribution in [3.05, 3.63) is 90.5 Å². The number of ether oxygens (including phenoxy) is 2. The number of amides is 1. The van der Waals surface area contributed by atoms with E-state index in [9.17, 15) is 4.79 Å². The normalized spacial score (nSPS) is 10.9. The molecule has 3 aromatic carbocycles. The fraction of sp³-hybridized carbons (Fsp3) is 0.130. The van der Waals surface area contributed by atoms with Crippen LogP contribution in [0.5, 0.6) is 11.5 Å². The molecular weight excluding hydrogens is 550 g/mol. The van der Waals surface area contributed by atoms with E-state index in [-0.39, 0.29) is 0 Å². The lowest BCUT2D eigenvalue weighted by Gasteiger charge is -2.13. The van der Waals surface area contributed by atoms with Gasteiger partial charge in [0.1, 0.15) is 6.61 Å². The maximum absolute atomic E-state index is 12.2. The van der Waals surface area contributed by atoms with Crippen molar-refractivity contribution in [3.63, 3.8) is 0 Å². The van der Waals surface area contributed by atoms with E-state index in [4.69, 9.17) is 32.7 Å². The predicted molar refractivity (Wildman–Crippen MR) is 133 cm³/mol. The molecule has 0 saturated carbocycles. The first-order valence-corrected chi connectivity index (χ1v) is 11.0. The third-order valence-electron chi connectivity index (χ3n) is 4.32. The summed E-state index contributed by atoms with van der Waals surface area (Å²) in [5, 5.41) is 4.70. The van der Waals surface area contributed by atoms with Crippen molar-refractivity contribution in [1.29, 1.82) is 0 Å². The van der Waals surface area contributed by atoms with Crippen LogP contribution >= 0.6 is 45.8 Å². The summed E-state index contributed by atoms with van der Waals surface area (Å²) >= 11 is 14.0. The minimum Gasteiger partial charge on any atom is -0.493 e. The molecule has 0 fully saturated rings. The molecule has 5 nitrogen and oxygen atoms in total. The second-order valence-corrected chi connectivity index (χ2v) is 8.61. The number of carbonyl (C=O) groups excluding carboxylic acids is 1. The average Bonchev–Trinajstić information content (AvgIpc) is 2.75. The molecule has 3 aromatic rings. The molecule has 160 valence electrons. The summed E-state index contributed by atoms with van der Waals surface area (Å²) in [4.78, 5) is 12.2. The van der Waals surface area contributed by atoms with Gasteiger partial charge in [-0.1, -0.05) is 53.0 Å². The SMILES string of the molecule is COc1cc(/C=N\NC(=O)c2ccc(Cl)c(Cl)c2)cc(I)c1OCc1ccc(C)cc1. The first kappa shape index (κ1) is 23.4. The first-order valence-electron chi connectivity index (χ1n) is 9.21. The Balaban J connectivity index is 1.69. The molecule has 0 aliphatic carbocycles. The fourth-order valence-corrected chi connectivity index (χ4v) is 3.74. The third kappa shape index (κ3) is 6.35. The van der Waals surface area contributed by atoms with Crippen molar-refractivity contribution in [2.75, 3.05) is 7.11 Å². The van der Waals surface area contributed by atoms with Gasteiger partial charge in [0.15, 0.2) is 11.5 Å². The fourth-order valence-electron chi connectivity index (χ4n) is 2.66. The second kappa shape index (κ2) is 10.8. The van der Waals surface area contributed by atoms with Crippen LogP contribution in [0, 0.1) is 10.5 Å². The monoisotopic (exact) mass is 568 g/mol.